The molecule has 3 rings (SSSR count). The molecule has 0 heterocycles. The van der Waals surface area contributed by atoms with E-state index in [1.54, 1.807) is 0 Å². The van der Waals surface area contributed by atoms with Gasteiger partial charge in [-0.3, -0.25) is 4.79 Å². The lowest BCUT2D eigenvalue weighted by Crippen LogP contribution is -2.50. The minimum atomic E-state index is -1.40. The van der Waals surface area contributed by atoms with E-state index in [-0.39, 0.29) is 25.6 Å². The molecule has 0 aromatic heterocycles. The van der Waals surface area contributed by atoms with Crippen molar-refractivity contribution in [2.45, 2.75) is 51.2 Å². The van der Waals surface area contributed by atoms with Gasteiger partial charge in [-0.1, -0.05) is 91.0 Å². The summed E-state index contributed by atoms with van der Waals surface area (Å²) in [5, 5.41) is 21.6. The number of ether oxygens (including phenoxy) is 3. The maximum atomic E-state index is 12.5. The Bertz CT molecular complexity index is 964. The highest BCUT2D eigenvalue weighted by molar-refractivity contribution is 5.81. The van der Waals surface area contributed by atoms with Crippen LogP contribution in [0.25, 0.3) is 0 Å². The van der Waals surface area contributed by atoms with Crippen LogP contribution in [0.4, 0.5) is 0 Å². The zero-order valence-corrected chi connectivity index (χ0v) is 19.3. The number of rotatable bonds is 14. The third-order valence-electron chi connectivity index (χ3n) is 5.39. The van der Waals surface area contributed by atoms with Gasteiger partial charge in [-0.2, -0.15) is 0 Å². The summed E-state index contributed by atoms with van der Waals surface area (Å²) >= 11 is 0. The Morgan fingerprint density at radius 3 is 1.62 bits per heavy atom. The Labute approximate surface area is 200 Å². The molecule has 0 saturated carbocycles. The smallest absolute Gasteiger partial charge is 0.161 e. The third-order valence-corrected chi connectivity index (χ3v) is 5.39. The van der Waals surface area contributed by atoms with Crippen LogP contribution in [-0.2, 0) is 38.8 Å². The number of carbonyl (C=O) groups is 1. The molecule has 0 fully saturated rings. The molecule has 180 valence electrons. The molecule has 34 heavy (non-hydrogen) atoms. The van der Waals surface area contributed by atoms with E-state index in [0.29, 0.717) is 6.61 Å². The maximum Gasteiger partial charge on any atom is 0.161 e. The van der Waals surface area contributed by atoms with E-state index in [0.717, 1.165) is 16.7 Å². The Morgan fingerprint density at radius 1 is 0.706 bits per heavy atom. The molecule has 3 aromatic rings. The van der Waals surface area contributed by atoms with E-state index in [9.17, 15) is 15.0 Å². The second-order valence-electron chi connectivity index (χ2n) is 8.15. The SMILES string of the molecule is CC(=O)[C@H](OCc1ccccc1)[C@@H](OCc1ccccc1)[C@H](O)[C@H](O)COCc1ccccc1. The summed E-state index contributed by atoms with van der Waals surface area (Å²) in [5.41, 5.74) is 2.71. The molecule has 0 bridgehead atoms. The number of Topliss-reactive ketones (excluding diaryl/α,β-unsaturated/α-hetero) is 1. The zero-order valence-electron chi connectivity index (χ0n) is 19.3. The number of aliphatic hydroxyl groups excluding tert-OH is 2. The van der Waals surface area contributed by atoms with Gasteiger partial charge < -0.3 is 24.4 Å². The van der Waals surface area contributed by atoms with Crippen molar-refractivity contribution in [2.24, 2.45) is 0 Å². The highest BCUT2D eigenvalue weighted by Gasteiger charge is 2.37. The quantitative estimate of drug-likeness (QED) is 0.379. The van der Waals surface area contributed by atoms with E-state index < -0.39 is 24.4 Å². The van der Waals surface area contributed by atoms with Crippen LogP contribution in [0.3, 0.4) is 0 Å². The lowest BCUT2D eigenvalue weighted by Gasteiger charge is -2.32. The summed E-state index contributed by atoms with van der Waals surface area (Å²) in [4.78, 5) is 12.5. The van der Waals surface area contributed by atoms with Gasteiger partial charge in [-0.25, -0.2) is 0 Å². The molecule has 4 atom stereocenters. The van der Waals surface area contributed by atoms with Crippen molar-refractivity contribution in [2.75, 3.05) is 6.61 Å². The van der Waals surface area contributed by atoms with E-state index in [2.05, 4.69) is 0 Å². The largest absolute Gasteiger partial charge is 0.388 e. The molecular weight excluding hydrogens is 432 g/mol. The Hall–Kier alpha value is -2.87. The molecule has 0 aliphatic carbocycles. The molecule has 2 N–H and O–H groups in total. The molecule has 0 spiro atoms. The minimum absolute atomic E-state index is 0.120. The summed E-state index contributed by atoms with van der Waals surface area (Å²) in [5.74, 6) is -0.301. The van der Waals surface area contributed by atoms with Crippen LogP contribution in [-0.4, -0.2) is 47.0 Å². The number of carbonyl (C=O) groups excluding carboxylic acids is 1. The van der Waals surface area contributed by atoms with Gasteiger partial charge in [-0.05, 0) is 23.6 Å². The Kier molecular flexibility index (Phi) is 10.4. The molecule has 6 nitrogen and oxygen atoms in total. The van der Waals surface area contributed by atoms with E-state index in [1.807, 2.05) is 91.0 Å². The Balaban J connectivity index is 1.68. The summed E-state index contributed by atoms with van der Waals surface area (Å²) in [6, 6.07) is 28.4. The average Bonchev–Trinajstić information content (AvgIpc) is 2.87. The highest BCUT2D eigenvalue weighted by atomic mass is 16.6. The van der Waals surface area contributed by atoms with Crippen LogP contribution >= 0.6 is 0 Å². The molecule has 3 aromatic carbocycles. The van der Waals surface area contributed by atoms with Gasteiger partial charge in [0.2, 0.25) is 0 Å². The fourth-order valence-corrected chi connectivity index (χ4v) is 3.52. The number of hydrogen-bond acceptors (Lipinski definition) is 6. The van der Waals surface area contributed by atoms with Crippen molar-refractivity contribution in [3.05, 3.63) is 108 Å². The monoisotopic (exact) mass is 464 g/mol. The van der Waals surface area contributed by atoms with E-state index in [1.165, 1.54) is 6.92 Å². The fraction of sp³-hybridized carbons (Fsp3) is 0.321. The number of benzene rings is 3. The van der Waals surface area contributed by atoms with Gasteiger partial charge in [0.15, 0.2) is 5.78 Å². The number of hydrogen-bond donors (Lipinski definition) is 2. The van der Waals surface area contributed by atoms with Crippen LogP contribution < -0.4 is 0 Å². The van der Waals surface area contributed by atoms with Gasteiger partial charge >= 0.3 is 0 Å². The fourth-order valence-electron chi connectivity index (χ4n) is 3.52. The highest BCUT2D eigenvalue weighted by Crippen LogP contribution is 2.18. The maximum absolute atomic E-state index is 12.5. The van der Waals surface area contributed by atoms with Crippen molar-refractivity contribution in [1.29, 1.82) is 0 Å². The van der Waals surface area contributed by atoms with Crippen LogP contribution in [0.15, 0.2) is 91.0 Å². The molecule has 0 amide bonds. The molecule has 0 aliphatic heterocycles. The molecule has 6 heteroatoms. The molecule has 0 radical (unpaired) electrons. The first kappa shape index (κ1) is 25.7. The predicted octanol–water partition coefficient (Wildman–Crippen LogP) is 3.68. The van der Waals surface area contributed by atoms with Crippen LogP contribution in [0.5, 0.6) is 0 Å². The molecule has 0 unspecified atom stereocenters. The summed E-state index contributed by atoms with van der Waals surface area (Å²) in [6.45, 7) is 1.88. The minimum Gasteiger partial charge on any atom is -0.388 e. The predicted molar refractivity (Wildman–Crippen MR) is 129 cm³/mol. The summed E-state index contributed by atoms with van der Waals surface area (Å²) in [6.07, 6.45) is -4.82. The van der Waals surface area contributed by atoms with E-state index in [4.69, 9.17) is 14.2 Å². The summed E-state index contributed by atoms with van der Waals surface area (Å²) < 4.78 is 17.5. The van der Waals surface area contributed by atoms with Crippen molar-refractivity contribution < 1.29 is 29.2 Å². The number of aliphatic hydroxyl groups is 2. The normalized spacial score (nSPS) is 14.8. The third kappa shape index (κ3) is 8.17. The Morgan fingerprint density at radius 2 is 1.15 bits per heavy atom. The molecule has 0 aliphatic rings. The first-order valence-corrected chi connectivity index (χ1v) is 11.3. The van der Waals surface area contributed by atoms with Crippen molar-refractivity contribution in [3.8, 4) is 0 Å². The van der Waals surface area contributed by atoms with Crippen LogP contribution in [0, 0.1) is 0 Å². The van der Waals surface area contributed by atoms with Crippen molar-refractivity contribution in [3.63, 3.8) is 0 Å². The van der Waals surface area contributed by atoms with Gasteiger partial charge in [0, 0.05) is 0 Å². The van der Waals surface area contributed by atoms with Gasteiger partial charge in [0.25, 0.3) is 0 Å². The van der Waals surface area contributed by atoms with Gasteiger partial charge in [0.05, 0.1) is 26.4 Å². The van der Waals surface area contributed by atoms with Gasteiger partial charge in [-0.15, -0.1) is 0 Å². The van der Waals surface area contributed by atoms with E-state index >= 15 is 0 Å². The summed E-state index contributed by atoms with van der Waals surface area (Å²) in [7, 11) is 0. The zero-order chi connectivity index (χ0) is 24.2. The van der Waals surface area contributed by atoms with Crippen molar-refractivity contribution >= 4 is 5.78 Å². The standard InChI is InChI=1S/C28H32O6/c1-21(29)27(33-18-23-13-7-3-8-14-23)28(34-19-24-15-9-4-10-16-24)26(31)25(30)20-32-17-22-11-5-2-6-12-22/h2-16,25-28,30-31H,17-20H2,1H3/t25-,26-,27+,28+/m1/s1. The average molecular weight is 465 g/mol. The number of ketones is 1. The molecule has 0 saturated heterocycles. The van der Waals surface area contributed by atoms with Crippen LogP contribution in [0.1, 0.15) is 23.6 Å². The first-order valence-electron chi connectivity index (χ1n) is 11.3. The second-order valence-corrected chi connectivity index (χ2v) is 8.15. The van der Waals surface area contributed by atoms with Crippen LogP contribution in [0.2, 0.25) is 0 Å². The first-order chi connectivity index (χ1) is 16.5. The molecular formula is C28H32O6. The lowest BCUT2D eigenvalue weighted by molar-refractivity contribution is -0.174. The second kappa shape index (κ2) is 13.7. The van der Waals surface area contributed by atoms with Gasteiger partial charge in [0.1, 0.15) is 24.4 Å². The lowest BCUT2D eigenvalue weighted by atomic mass is 10.00. The topological polar surface area (TPSA) is 85.2 Å². The van der Waals surface area contributed by atoms with Crippen molar-refractivity contribution in [1.82, 2.24) is 0 Å².